The summed E-state index contributed by atoms with van der Waals surface area (Å²) in [5, 5.41) is 2.51. The molecule has 0 spiro atoms. The highest BCUT2D eigenvalue weighted by Gasteiger charge is 2.29. The van der Waals surface area contributed by atoms with E-state index >= 15 is 0 Å². The summed E-state index contributed by atoms with van der Waals surface area (Å²) >= 11 is 1.42. The number of rotatable bonds is 5. The second kappa shape index (κ2) is 7.34. The van der Waals surface area contributed by atoms with Gasteiger partial charge in [-0.15, -0.1) is 11.3 Å². The minimum atomic E-state index is -0.159. The highest BCUT2D eigenvalue weighted by Crippen LogP contribution is 2.19. The molecular formula is C16H17N3O3S. The largest absolute Gasteiger partial charge is 0.367 e. The standard InChI is InChI=1S/C16H17N3O3S/c20-14-10-18(7-8-19(14)16-17-6-9-23-16)15(21)12-22-11-13-4-2-1-3-5-13/h1-6,9H,7-8,10-12H2. The van der Waals surface area contributed by atoms with E-state index in [1.165, 1.54) is 16.2 Å². The Kier molecular flexibility index (Phi) is 4.99. The number of nitrogens with zero attached hydrogens (tertiary/aromatic N) is 3. The molecule has 0 atom stereocenters. The number of hydrogen-bond acceptors (Lipinski definition) is 5. The first-order valence-corrected chi connectivity index (χ1v) is 8.21. The van der Waals surface area contributed by atoms with Gasteiger partial charge in [-0.25, -0.2) is 4.98 Å². The summed E-state index contributed by atoms with van der Waals surface area (Å²) in [6.45, 7) is 1.42. The van der Waals surface area contributed by atoms with Crippen molar-refractivity contribution >= 4 is 28.3 Å². The molecule has 0 bridgehead atoms. The summed E-state index contributed by atoms with van der Waals surface area (Å²) in [6.07, 6.45) is 1.67. The number of aromatic nitrogens is 1. The van der Waals surface area contributed by atoms with E-state index in [1.54, 1.807) is 11.1 Å². The smallest absolute Gasteiger partial charge is 0.249 e. The van der Waals surface area contributed by atoms with Gasteiger partial charge in [-0.1, -0.05) is 30.3 Å². The molecule has 1 fully saturated rings. The van der Waals surface area contributed by atoms with Crippen molar-refractivity contribution in [3.8, 4) is 0 Å². The molecule has 1 aromatic carbocycles. The normalized spacial score (nSPS) is 15.0. The number of anilines is 1. The van der Waals surface area contributed by atoms with E-state index in [1.807, 2.05) is 35.7 Å². The Hall–Kier alpha value is -2.25. The third kappa shape index (κ3) is 3.94. The van der Waals surface area contributed by atoms with E-state index in [-0.39, 0.29) is 25.0 Å². The van der Waals surface area contributed by atoms with Gasteiger partial charge in [0.25, 0.3) is 0 Å². The fourth-order valence-corrected chi connectivity index (χ4v) is 3.04. The second-order valence-corrected chi connectivity index (χ2v) is 6.03. The second-order valence-electron chi connectivity index (χ2n) is 5.15. The number of hydrogen-bond donors (Lipinski definition) is 0. The Morgan fingerprint density at radius 3 is 2.78 bits per heavy atom. The van der Waals surface area contributed by atoms with Gasteiger partial charge in [0.1, 0.15) is 13.2 Å². The third-order valence-electron chi connectivity index (χ3n) is 3.56. The Morgan fingerprint density at radius 2 is 2.09 bits per heavy atom. The molecule has 0 aliphatic carbocycles. The molecule has 0 radical (unpaired) electrons. The van der Waals surface area contributed by atoms with Gasteiger partial charge in [-0.3, -0.25) is 14.5 Å². The maximum absolute atomic E-state index is 12.2. The number of carbonyl (C=O) groups excluding carboxylic acids is 2. The van der Waals surface area contributed by atoms with Crippen LogP contribution in [0.25, 0.3) is 0 Å². The van der Waals surface area contributed by atoms with Crippen molar-refractivity contribution in [2.24, 2.45) is 0 Å². The lowest BCUT2D eigenvalue weighted by Crippen LogP contribution is -2.53. The number of ether oxygens (including phenoxy) is 1. The van der Waals surface area contributed by atoms with E-state index in [0.29, 0.717) is 24.8 Å². The van der Waals surface area contributed by atoms with Crippen LogP contribution in [0.3, 0.4) is 0 Å². The van der Waals surface area contributed by atoms with Gasteiger partial charge in [0.05, 0.1) is 6.61 Å². The average Bonchev–Trinajstić information content (AvgIpc) is 3.10. The van der Waals surface area contributed by atoms with Crippen LogP contribution in [0.2, 0.25) is 0 Å². The lowest BCUT2D eigenvalue weighted by molar-refractivity contribution is -0.141. The molecule has 2 amide bonds. The molecule has 1 aliphatic heterocycles. The van der Waals surface area contributed by atoms with Crippen LogP contribution >= 0.6 is 11.3 Å². The summed E-state index contributed by atoms with van der Waals surface area (Å²) in [6, 6.07) is 9.68. The zero-order chi connectivity index (χ0) is 16.1. The summed E-state index contributed by atoms with van der Waals surface area (Å²) in [5.74, 6) is -0.268. The molecule has 2 heterocycles. The molecule has 0 N–H and O–H groups in total. The van der Waals surface area contributed by atoms with Gasteiger partial charge < -0.3 is 9.64 Å². The molecule has 1 aliphatic rings. The molecule has 1 aromatic heterocycles. The first-order valence-electron chi connectivity index (χ1n) is 7.33. The zero-order valence-electron chi connectivity index (χ0n) is 12.6. The van der Waals surface area contributed by atoms with Crippen molar-refractivity contribution in [1.82, 2.24) is 9.88 Å². The van der Waals surface area contributed by atoms with Gasteiger partial charge in [-0.05, 0) is 5.56 Å². The number of amides is 2. The predicted molar refractivity (Wildman–Crippen MR) is 87.1 cm³/mol. The Bertz CT molecular complexity index is 660. The summed E-state index contributed by atoms with van der Waals surface area (Å²) < 4.78 is 5.44. The maximum atomic E-state index is 12.2. The van der Waals surface area contributed by atoms with Crippen LogP contribution in [0.1, 0.15) is 5.56 Å². The first kappa shape index (κ1) is 15.6. The summed E-state index contributed by atoms with van der Waals surface area (Å²) in [5.41, 5.74) is 1.02. The van der Waals surface area contributed by atoms with Crippen molar-refractivity contribution in [2.45, 2.75) is 6.61 Å². The SMILES string of the molecule is O=C(COCc1ccccc1)N1CCN(c2nccs2)C(=O)C1. The Balaban J connectivity index is 1.47. The van der Waals surface area contributed by atoms with Crippen LogP contribution in [-0.2, 0) is 20.9 Å². The fraction of sp³-hybridized carbons (Fsp3) is 0.312. The molecular weight excluding hydrogens is 314 g/mol. The van der Waals surface area contributed by atoms with Crippen LogP contribution in [0.5, 0.6) is 0 Å². The first-order chi connectivity index (χ1) is 11.2. The van der Waals surface area contributed by atoms with Crippen molar-refractivity contribution in [1.29, 1.82) is 0 Å². The monoisotopic (exact) mass is 331 g/mol. The van der Waals surface area contributed by atoms with Gasteiger partial charge in [0.2, 0.25) is 11.8 Å². The molecule has 0 unspecified atom stereocenters. The molecule has 7 heteroatoms. The van der Waals surface area contributed by atoms with E-state index in [0.717, 1.165) is 5.56 Å². The molecule has 1 saturated heterocycles. The Labute approximate surface area is 138 Å². The van der Waals surface area contributed by atoms with Crippen molar-refractivity contribution in [2.75, 3.05) is 31.1 Å². The van der Waals surface area contributed by atoms with E-state index in [4.69, 9.17) is 4.74 Å². The molecule has 120 valence electrons. The van der Waals surface area contributed by atoms with E-state index in [2.05, 4.69) is 4.98 Å². The highest BCUT2D eigenvalue weighted by atomic mass is 32.1. The van der Waals surface area contributed by atoms with Crippen LogP contribution in [-0.4, -0.2) is 47.9 Å². The quantitative estimate of drug-likeness (QED) is 0.834. The lowest BCUT2D eigenvalue weighted by Gasteiger charge is -2.32. The van der Waals surface area contributed by atoms with Crippen LogP contribution < -0.4 is 4.90 Å². The van der Waals surface area contributed by atoms with Gasteiger partial charge in [0.15, 0.2) is 5.13 Å². The van der Waals surface area contributed by atoms with E-state index in [9.17, 15) is 9.59 Å². The van der Waals surface area contributed by atoms with Crippen LogP contribution in [0, 0.1) is 0 Å². The molecule has 2 aromatic rings. The minimum absolute atomic E-state index is 0.0145. The summed E-state index contributed by atoms with van der Waals surface area (Å²) in [7, 11) is 0. The number of piperazine rings is 1. The van der Waals surface area contributed by atoms with Crippen molar-refractivity contribution in [3.63, 3.8) is 0 Å². The Morgan fingerprint density at radius 1 is 1.26 bits per heavy atom. The van der Waals surface area contributed by atoms with Crippen LogP contribution in [0.4, 0.5) is 5.13 Å². The highest BCUT2D eigenvalue weighted by molar-refractivity contribution is 7.13. The zero-order valence-corrected chi connectivity index (χ0v) is 13.4. The van der Waals surface area contributed by atoms with Gasteiger partial charge >= 0.3 is 0 Å². The maximum Gasteiger partial charge on any atom is 0.249 e. The molecule has 3 rings (SSSR count). The molecule has 23 heavy (non-hydrogen) atoms. The minimum Gasteiger partial charge on any atom is -0.367 e. The summed E-state index contributed by atoms with van der Waals surface area (Å²) in [4.78, 5) is 31.6. The van der Waals surface area contributed by atoms with Crippen LogP contribution in [0.15, 0.2) is 41.9 Å². The fourth-order valence-electron chi connectivity index (χ4n) is 2.36. The topological polar surface area (TPSA) is 62.7 Å². The molecule has 6 nitrogen and oxygen atoms in total. The van der Waals surface area contributed by atoms with Gasteiger partial charge in [-0.2, -0.15) is 0 Å². The number of thiazole rings is 1. The third-order valence-corrected chi connectivity index (χ3v) is 4.36. The predicted octanol–water partition coefficient (Wildman–Crippen LogP) is 1.54. The average molecular weight is 331 g/mol. The lowest BCUT2D eigenvalue weighted by atomic mass is 10.2. The number of carbonyl (C=O) groups is 2. The van der Waals surface area contributed by atoms with Crippen molar-refractivity contribution < 1.29 is 14.3 Å². The van der Waals surface area contributed by atoms with Crippen molar-refractivity contribution in [3.05, 3.63) is 47.5 Å². The number of benzene rings is 1. The van der Waals surface area contributed by atoms with E-state index < -0.39 is 0 Å². The van der Waals surface area contributed by atoms with Gasteiger partial charge in [0, 0.05) is 24.7 Å². The molecule has 0 saturated carbocycles.